The Hall–Kier alpha value is -10.5. The van der Waals surface area contributed by atoms with Crippen LogP contribution in [-0.2, 0) is 0 Å². The molecule has 0 aliphatic heterocycles. The first-order valence-corrected chi connectivity index (χ1v) is 27.2. The highest BCUT2D eigenvalue weighted by Gasteiger charge is 2.24. The molecule has 3 heteroatoms. The Morgan fingerprint density at radius 3 is 1.01 bits per heavy atom. The molecule has 0 aliphatic carbocycles. The van der Waals surface area contributed by atoms with E-state index in [2.05, 4.69) is 288 Å². The second-order valence-corrected chi connectivity index (χ2v) is 21.0. The fourth-order valence-electron chi connectivity index (χ4n) is 13.6. The molecule has 17 aromatic rings. The van der Waals surface area contributed by atoms with Gasteiger partial charge in [0, 0.05) is 43.7 Å². The molecule has 0 spiro atoms. The van der Waals surface area contributed by atoms with Crippen molar-refractivity contribution in [1.29, 1.82) is 0 Å². The van der Waals surface area contributed by atoms with Crippen LogP contribution in [0.4, 0.5) is 0 Å². The first-order valence-electron chi connectivity index (χ1n) is 27.2. The van der Waals surface area contributed by atoms with E-state index in [4.69, 9.17) is 4.42 Å². The second-order valence-electron chi connectivity index (χ2n) is 21.0. The van der Waals surface area contributed by atoms with Crippen molar-refractivity contribution in [2.45, 2.75) is 0 Å². The Kier molecular flexibility index (Phi) is 9.42. The molecule has 0 radical (unpaired) electrons. The van der Waals surface area contributed by atoms with Crippen molar-refractivity contribution >= 4 is 109 Å². The van der Waals surface area contributed by atoms with Gasteiger partial charge in [-0.1, -0.05) is 212 Å². The van der Waals surface area contributed by atoms with Crippen LogP contribution in [0.25, 0.3) is 165 Å². The normalized spacial score (nSPS) is 12.1. The fraction of sp³-hybridized carbons (Fsp3) is 0. The summed E-state index contributed by atoms with van der Waals surface area (Å²) in [6.07, 6.45) is 0. The highest BCUT2D eigenvalue weighted by molar-refractivity contribution is 6.28. The van der Waals surface area contributed by atoms with Gasteiger partial charge >= 0.3 is 0 Å². The minimum atomic E-state index is 0.867. The zero-order valence-electron chi connectivity index (χ0n) is 42.9. The maximum atomic E-state index is 6.88. The molecule has 0 bridgehead atoms. The van der Waals surface area contributed by atoms with E-state index in [1.165, 1.54) is 120 Å². The first kappa shape index (κ1) is 43.7. The van der Waals surface area contributed by atoms with E-state index in [9.17, 15) is 0 Å². The van der Waals surface area contributed by atoms with Gasteiger partial charge in [0.25, 0.3) is 0 Å². The van der Waals surface area contributed by atoms with Gasteiger partial charge in [0.2, 0.25) is 0 Å². The summed E-state index contributed by atoms with van der Waals surface area (Å²) in [5.74, 6) is 0. The molecule has 14 aromatic carbocycles. The Morgan fingerprint density at radius 2 is 0.570 bits per heavy atom. The van der Waals surface area contributed by atoms with Crippen LogP contribution in [0.3, 0.4) is 0 Å². The number of rotatable bonds is 6. The fourth-order valence-corrected chi connectivity index (χ4v) is 13.6. The summed E-state index contributed by atoms with van der Waals surface area (Å²) in [6, 6.07) is 103. The zero-order valence-corrected chi connectivity index (χ0v) is 42.9. The highest BCUT2D eigenvalue weighted by atomic mass is 16.3. The molecule has 366 valence electrons. The SMILES string of the molecule is c1ccc(-n2c3ccccc3c3ccc(-c4c5ccccc5c(-c5ccc6oc7cccc(-c8c9ccccc9c(-c9ccc%10c%11ccccc%11n(-c%11ccccc%11)c%10c9)c9ccccc89)c7c6c5)c5ccccc45)cc32)cc1. The lowest BCUT2D eigenvalue weighted by atomic mass is 9.84. The molecule has 0 N–H and O–H groups in total. The molecule has 3 heterocycles. The molecule has 3 aromatic heterocycles. The van der Waals surface area contributed by atoms with Crippen LogP contribution in [-0.4, -0.2) is 9.13 Å². The lowest BCUT2D eigenvalue weighted by Crippen LogP contribution is -1.94. The maximum Gasteiger partial charge on any atom is 0.136 e. The van der Waals surface area contributed by atoms with Crippen LogP contribution in [0.1, 0.15) is 0 Å². The minimum Gasteiger partial charge on any atom is -0.456 e. The van der Waals surface area contributed by atoms with Gasteiger partial charge in [-0.3, -0.25) is 0 Å². The molecule has 0 atom stereocenters. The predicted molar refractivity (Wildman–Crippen MR) is 334 cm³/mol. The van der Waals surface area contributed by atoms with E-state index in [1.807, 2.05) is 0 Å². The highest BCUT2D eigenvalue weighted by Crippen LogP contribution is 2.50. The summed E-state index contributed by atoms with van der Waals surface area (Å²) in [7, 11) is 0. The van der Waals surface area contributed by atoms with Crippen molar-refractivity contribution in [3.05, 3.63) is 279 Å². The van der Waals surface area contributed by atoms with Gasteiger partial charge in [0.05, 0.1) is 22.1 Å². The van der Waals surface area contributed by atoms with Gasteiger partial charge < -0.3 is 13.6 Å². The maximum absolute atomic E-state index is 6.88. The van der Waals surface area contributed by atoms with Crippen LogP contribution >= 0.6 is 0 Å². The van der Waals surface area contributed by atoms with Crippen molar-refractivity contribution in [3.63, 3.8) is 0 Å². The van der Waals surface area contributed by atoms with Gasteiger partial charge in [-0.2, -0.15) is 0 Å². The number of para-hydroxylation sites is 4. The van der Waals surface area contributed by atoms with Crippen LogP contribution < -0.4 is 0 Å². The third-order valence-corrected chi connectivity index (χ3v) is 16.9. The van der Waals surface area contributed by atoms with Crippen molar-refractivity contribution in [1.82, 2.24) is 9.13 Å². The lowest BCUT2D eigenvalue weighted by molar-refractivity contribution is 0.669. The zero-order chi connectivity index (χ0) is 51.7. The van der Waals surface area contributed by atoms with Crippen LogP contribution in [0, 0.1) is 0 Å². The summed E-state index contributed by atoms with van der Waals surface area (Å²) < 4.78 is 11.7. The van der Waals surface area contributed by atoms with E-state index in [-0.39, 0.29) is 0 Å². The van der Waals surface area contributed by atoms with Crippen LogP contribution in [0.15, 0.2) is 283 Å². The predicted octanol–water partition coefficient (Wildman–Crippen LogP) is 21.1. The standard InChI is InChI=1S/C76H46N2O/c1-3-20-50(21-4-1)77-66-35-17-15-24-52(66)54-41-38-48(45-68(54)77)73-58-28-9-7-26-56(58)72(57-27-8-10-29-59(57)73)47-40-43-70-65(44-47)76-64(34-19-37-71(76)79-70)75-62-32-13-11-30-60(62)74(61-31-12-14-33-63(61)75)49-39-42-55-53-25-16-18-36-67(53)78(69(55)46-49)51-22-5-2-6-23-51/h1-46H. The molecule has 0 fully saturated rings. The summed E-state index contributed by atoms with van der Waals surface area (Å²) in [5, 5.41) is 16.9. The van der Waals surface area contributed by atoms with Crippen molar-refractivity contribution in [2.75, 3.05) is 0 Å². The monoisotopic (exact) mass is 1000 g/mol. The Labute approximate surface area is 454 Å². The molecule has 0 unspecified atom stereocenters. The van der Waals surface area contributed by atoms with E-state index in [0.717, 1.165) is 44.4 Å². The van der Waals surface area contributed by atoms with Gasteiger partial charge in [-0.25, -0.2) is 0 Å². The molecule has 17 rings (SSSR count). The molecule has 0 saturated heterocycles. The number of hydrogen-bond acceptors (Lipinski definition) is 1. The van der Waals surface area contributed by atoms with Gasteiger partial charge in [0.1, 0.15) is 11.2 Å². The molecule has 0 aliphatic rings. The minimum absolute atomic E-state index is 0.867. The van der Waals surface area contributed by atoms with Crippen molar-refractivity contribution < 1.29 is 4.42 Å². The van der Waals surface area contributed by atoms with Gasteiger partial charge in [0.15, 0.2) is 0 Å². The van der Waals surface area contributed by atoms with E-state index in [1.54, 1.807) is 0 Å². The van der Waals surface area contributed by atoms with Gasteiger partial charge in [-0.05, 0) is 154 Å². The smallest absolute Gasteiger partial charge is 0.136 e. The van der Waals surface area contributed by atoms with Gasteiger partial charge in [-0.15, -0.1) is 0 Å². The van der Waals surface area contributed by atoms with E-state index >= 15 is 0 Å². The third kappa shape index (κ3) is 6.42. The topological polar surface area (TPSA) is 23.0 Å². The van der Waals surface area contributed by atoms with E-state index in [0.29, 0.717) is 0 Å². The number of benzene rings is 14. The summed E-state index contributed by atoms with van der Waals surface area (Å²) >= 11 is 0. The van der Waals surface area contributed by atoms with Crippen LogP contribution in [0.2, 0.25) is 0 Å². The number of fused-ring (bicyclic) bond motifs is 13. The number of furan rings is 1. The molecular weight excluding hydrogens is 957 g/mol. The summed E-state index contributed by atoms with van der Waals surface area (Å²) in [5.41, 5.74) is 18.4. The Morgan fingerprint density at radius 1 is 0.215 bits per heavy atom. The average Bonchev–Trinajstić information content (AvgIpc) is 4.37. The number of nitrogens with zero attached hydrogens (tertiary/aromatic N) is 2. The molecule has 0 amide bonds. The average molecular weight is 1000 g/mol. The van der Waals surface area contributed by atoms with E-state index < -0.39 is 0 Å². The lowest BCUT2D eigenvalue weighted by Gasteiger charge is -2.19. The second kappa shape index (κ2) is 17.0. The molecule has 79 heavy (non-hydrogen) atoms. The van der Waals surface area contributed by atoms with Crippen molar-refractivity contribution in [3.8, 4) is 55.9 Å². The molecular formula is C76H46N2O. The number of hydrogen-bond donors (Lipinski definition) is 0. The quantitative estimate of drug-likeness (QED) is 0.152. The first-order chi connectivity index (χ1) is 39.2. The van der Waals surface area contributed by atoms with Crippen LogP contribution in [0.5, 0.6) is 0 Å². The molecule has 3 nitrogen and oxygen atoms in total. The summed E-state index contributed by atoms with van der Waals surface area (Å²) in [4.78, 5) is 0. The largest absolute Gasteiger partial charge is 0.456 e. The summed E-state index contributed by atoms with van der Waals surface area (Å²) in [6.45, 7) is 0. The third-order valence-electron chi connectivity index (χ3n) is 16.9. The van der Waals surface area contributed by atoms with Crippen molar-refractivity contribution in [2.24, 2.45) is 0 Å². The molecule has 0 saturated carbocycles. The Balaban J connectivity index is 0.877. The number of aromatic nitrogens is 2. The Bertz CT molecular complexity index is 5250.